The topological polar surface area (TPSA) is 44.7 Å². The molecule has 1 aliphatic heterocycles. The van der Waals surface area contributed by atoms with Crippen LogP contribution in [0.4, 0.5) is 0 Å². The van der Waals surface area contributed by atoms with E-state index in [4.69, 9.17) is 0 Å². The Balaban J connectivity index is 1.67. The molecule has 0 saturated carbocycles. The van der Waals surface area contributed by atoms with E-state index in [9.17, 15) is 4.79 Å². The van der Waals surface area contributed by atoms with Crippen LogP contribution in [-0.2, 0) is 17.9 Å². The maximum Gasteiger partial charge on any atom is 0.275 e. The number of amidine groups is 1. The molecule has 0 atom stereocenters. The lowest BCUT2D eigenvalue weighted by Gasteiger charge is -2.11. The minimum atomic E-state index is -0.0484. The molecule has 0 saturated heterocycles. The van der Waals surface area contributed by atoms with Crippen LogP contribution < -0.4 is 5.32 Å². The summed E-state index contributed by atoms with van der Waals surface area (Å²) in [4.78, 5) is 18.4. The van der Waals surface area contributed by atoms with E-state index in [0.29, 0.717) is 24.6 Å². The highest BCUT2D eigenvalue weighted by Crippen LogP contribution is 2.12. The van der Waals surface area contributed by atoms with E-state index < -0.39 is 0 Å². The summed E-state index contributed by atoms with van der Waals surface area (Å²) in [7, 11) is 1.75. The number of nitrogens with zero attached hydrogens (tertiary/aromatic N) is 2. The van der Waals surface area contributed by atoms with Gasteiger partial charge in [-0.15, -0.1) is 0 Å². The Morgan fingerprint density at radius 2 is 1.57 bits per heavy atom. The minimum absolute atomic E-state index is 0.0484. The number of carbonyl (C=O) groups excluding carboxylic acids is 1. The zero-order valence-corrected chi connectivity index (χ0v) is 13.1. The number of carbonyl (C=O) groups is 1. The highest BCUT2D eigenvalue weighted by atomic mass is 16.2. The van der Waals surface area contributed by atoms with Gasteiger partial charge in [0.2, 0.25) is 0 Å². The molecule has 0 unspecified atom stereocenters. The molecule has 0 radical (unpaired) electrons. The molecule has 0 fully saturated rings. The SMILES string of the molecule is CN1C(=O)C(NCc2ccccc2)=CC1=NCc1ccccc1. The second kappa shape index (κ2) is 6.92. The largest absolute Gasteiger partial charge is 0.376 e. The third-order valence-electron chi connectivity index (χ3n) is 3.74. The Hall–Kier alpha value is -2.88. The second-order valence-electron chi connectivity index (χ2n) is 5.42. The maximum absolute atomic E-state index is 12.3. The Bertz CT molecular complexity index is 736. The number of benzene rings is 2. The predicted octanol–water partition coefficient (Wildman–Crippen LogP) is 2.73. The van der Waals surface area contributed by atoms with Crippen LogP contribution in [0, 0.1) is 0 Å². The summed E-state index contributed by atoms with van der Waals surface area (Å²) in [5.41, 5.74) is 2.85. The number of likely N-dealkylation sites (N-methyl/N-ethyl adjacent to an activating group) is 1. The van der Waals surface area contributed by atoms with E-state index in [0.717, 1.165) is 11.1 Å². The van der Waals surface area contributed by atoms with E-state index in [1.807, 2.05) is 66.7 Å². The van der Waals surface area contributed by atoms with Gasteiger partial charge in [-0.3, -0.25) is 14.7 Å². The molecule has 3 rings (SSSR count). The number of hydrogen-bond acceptors (Lipinski definition) is 3. The number of amides is 1. The Labute approximate surface area is 136 Å². The molecule has 2 aromatic rings. The quantitative estimate of drug-likeness (QED) is 0.923. The predicted molar refractivity (Wildman–Crippen MR) is 91.7 cm³/mol. The smallest absolute Gasteiger partial charge is 0.275 e. The Kier molecular flexibility index (Phi) is 4.52. The number of hydrogen-bond donors (Lipinski definition) is 1. The molecule has 4 heteroatoms. The van der Waals surface area contributed by atoms with Crippen molar-refractivity contribution in [3.8, 4) is 0 Å². The molecule has 116 valence electrons. The van der Waals surface area contributed by atoms with Crippen molar-refractivity contribution >= 4 is 11.7 Å². The summed E-state index contributed by atoms with van der Waals surface area (Å²) >= 11 is 0. The normalized spacial score (nSPS) is 15.9. The first kappa shape index (κ1) is 15.0. The van der Waals surface area contributed by atoms with Crippen LogP contribution in [0.15, 0.2) is 77.4 Å². The molecule has 1 aliphatic rings. The molecule has 0 aliphatic carbocycles. The van der Waals surface area contributed by atoms with Gasteiger partial charge in [0, 0.05) is 19.7 Å². The van der Waals surface area contributed by atoms with Gasteiger partial charge in [0.1, 0.15) is 11.5 Å². The Morgan fingerprint density at radius 1 is 0.957 bits per heavy atom. The van der Waals surface area contributed by atoms with Crippen LogP contribution in [0.25, 0.3) is 0 Å². The van der Waals surface area contributed by atoms with Gasteiger partial charge in [-0.1, -0.05) is 60.7 Å². The van der Waals surface area contributed by atoms with Crippen molar-refractivity contribution in [2.24, 2.45) is 4.99 Å². The molecule has 1 N–H and O–H groups in total. The summed E-state index contributed by atoms with van der Waals surface area (Å²) in [6.45, 7) is 1.19. The van der Waals surface area contributed by atoms with Crippen molar-refractivity contribution in [3.63, 3.8) is 0 Å². The molecule has 0 bridgehead atoms. The Morgan fingerprint density at radius 3 is 2.22 bits per heavy atom. The maximum atomic E-state index is 12.3. The van der Waals surface area contributed by atoms with Gasteiger partial charge in [-0.25, -0.2) is 0 Å². The average molecular weight is 305 g/mol. The lowest BCUT2D eigenvalue weighted by Crippen LogP contribution is -2.29. The van der Waals surface area contributed by atoms with Crippen molar-refractivity contribution < 1.29 is 4.79 Å². The third-order valence-corrected chi connectivity index (χ3v) is 3.74. The average Bonchev–Trinajstić information content (AvgIpc) is 2.88. The summed E-state index contributed by atoms with van der Waals surface area (Å²) in [6, 6.07) is 20.0. The van der Waals surface area contributed by atoms with E-state index in [1.165, 1.54) is 0 Å². The van der Waals surface area contributed by atoms with Crippen molar-refractivity contribution in [2.75, 3.05) is 7.05 Å². The monoisotopic (exact) mass is 305 g/mol. The molecular weight excluding hydrogens is 286 g/mol. The van der Waals surface area contributed by atoms with Crippen molar-refractivity contribution in [3.05, 3.63) is 83.6 Å². The number of rotatable bonds is 5. The highest BCUT2D eigenvalue weighted by Gasteiger charge is 2.25. The van der Waals surface area contributed by atoms with Crippen LogP contribution in [0.3, 0.4) is 0 Å². The number of nitrogens with one attached hydrogen (secondary N) is 1. The van der Waals surface area contributed by atoms with Crippen LogP contribution >= 0.6 is 0 Å². The summed E-state index contributed by atoms with van der Waals surface area (Å²) in [5, 5.41) is 3.20. The standard InChI is InChI=1S/C19H19N3O/c1-22-18(21-14-16-10-6-3-7-11-16)12-17(19(22)23)20-13-15-8-4-2-5-9-15/h2-12,20H,13-14H2,1H3. The highest BCUT2D eigenvalue weighted by molar-refractivity contribution is 6.17. The van der Waals surface area contributed by atoms with Gasteiger partial charge < -0.3 is 5.32 Å². The molecule has 2 aromatic carbocycles. The van der Waals surface area contributed by atoms with E-state index in [-0.39, 0.29) is 5.91 Å². The van der Waals surface area contributed by atoms with Crippen molar-refractivity contribution in [2.45, 2.75) is 13.1 Å². The third kappa shape index (κ3) is 3.66. The molecule has 23 heavy (non-hydrogen) atoms. The van der Waals surface area contributed by atoms with E-state index in [2.05, 4.69) is 10.3 Å². The molecule has 1 heterocycles. The van der Waals surface area contributed by atoms with Gasteiger partial charge in [0.15, 0.2) is 0 Å². The summed E-state index contributed by atoms with van der Waals surface area (Å²) < 4.78 is 0. The van der Waals surface area contributed by atoms with E-state index >= 15 is 0 Å². The fourth-order valence-corrected chi connectivity index (χ4v) is 2.40. The minimum Gasteiger partial charge on any atom is -0.376 e. The summed E-state index contributed by atoms with van der Waals surface area (Å²) in [6.07, 6.45) is 1.81. The lowest BCUT2D eigenvalue weighted by atomic mass is 10.2. The fourth-order valence-electron chi connectivity index (χ4n) is 2.40. The van der Waals surface area contributed by atoms with Crippen LogP contribution in [0.1, 0.15) is 11.1 Å². The summed E-state index contributed by atoms with van der Waals surface area (Å²) in [5.74, 6) is 0.641. The van der Waals surface area contributed by atoms with E-state index in [1.54, 1.807) is 11.9 Å². The van der Waals surface area contributed by atoms with Crippen molar-refractivity contribution in [1.29, 1.82) is 0 Å². The van der Waals surface area contributed by atoms with Gasteiger partial charge in [0.05, 0.1) is 6.54 Å². The van der Waals surface area contributed by atoms with Gasteiger partial charge in [-0.05, 0) is 11.1 Å². The molecule has 4 nitrogen and oxygen atoms in total. The van der Waals surface area contributed by atoms with Gasteiger partial charge in [0.25, 0.3) is 5.91 Å². The molecule has 1 amide bonds. The van der Waals surface area contributed by atoms with Crippen molar-refractivity contribution in [1.82, 2.24) is 10.2 Å². The molecule has 0 spiro atoms. The molecular formula is C19H19N3O. The first-order valence-corrected chi connectivity index (χ1v) is 7.60. The van der Waals surface area contributed by atoms with Crippen LogP contribution in [0.2, 0.25) is 0 Å². The zero-order valence-electron chi connectivity index (χ0n) is 13.1. The lowest BCUT2D eigenvalue weighted by molar-refractivity contribution is -0.122. The fraction of sp³-hybridized carbons (Fsp3) is 0.158. The first-order valence-electron chi connectivity index (χ1n) is 7.60. The zero-order chi connectivity index (χ0) is 16.1. The second-order valence-corrected chi connectivity index (χ2v) is 5.42. The van der Waals surface area contributed by atoms with Crippen LogP contribution in [-0.4, -0.2) is 23.7 Å². The molecule has 0 aromatic heterocycles. The number of aliphatic imine (C=N–C) groups is 1. The van der Waals surface area contributed by atoms with Crippen LogP contribution in [0.5, 0.6) is 0 Å². The van der Waals surface area contributed by atoms with Gasteiger partial charge in [-0.2, -0.15) is 0 Å². The first-order chi connectivity index (χ1) is 11.2. The van der Waals surface area contributed by atoms with Gasteiger partial charge >= 0.3 is 0 Å².